The van der Waals surface area contributed by atoms with Crippen LogP contribution in [0.4, 0.5) is 5.69 Å². The highest BCUT2D eigenvalue weighted by molar-refractivity contribution is 9.10. The third-order valence-electron chi connectivity index (χ3n) is 3.40. The molecule has 1 amide bonds. The van der Waals surface area contributed by atoms with Gasteiger partial charge in [-0.15, -0.1) is 0 Å². The zero-order chi connectivity index (χ0) is 17.6. The van der Waals surface area contributed by atoms with Gasteiger partial charge < -0.3 is 5.32 Å². The molecular formula is C18H20BrNO3S. The molecule has 0 heterocycles. The van der Waals surface area contributed by atoms with Crippen molar-refractivity contribution in [3.8, 4) is 0 Å². The molecule has 0 unspecified atom stereocenters. The molecular weight excluding hydrogens is 390 g/mol. The van der Waals surface area contributed by atoms with E-state index in [-0.39, 0.29) is 5.75 Å². The number of benzene rings is 2. The number of carbonyl (C=O) groups is 1. The summed E-state index contributed by atoms with van der Waals surface area (Å²) in [4.78, 5) is 12.0. The van der Waals surface area contributed by atoms with Crippen LogP contribution < -0.4 is 5.32 Å². The van der Waals surface area contributed by atoms with Gasteiger partial charge in [0.05, 0.1) is 5.75 Å². The molecule has 0 radical (unpaired) electrons. The summed E-state index contributed by atoms with van der Waals surface area (Å²) in [6.07, 6.45) is 2.04. The molecule has 0 aliphatic rings. The Balaban J connectivity index is 1.95. The summed E-state index contributed by atoms with van der Waals surface area (Å²) < 4.78 is 25.2. The predicted octanol–water partition coefficient (Wildman–Crippen LogP) is 3.96. The normalized spacial score (nSPS) is 11.2. The average Bonchev–Trinajstić information content (AvgIpc) is 2.48. The predicted molar refractivity (Wildman–Crippen MR) is 101 cm³/mol. The van der Waals surface area contributed by atoms with Gasteiger partial charge >= 0.3 is 0 Å². The maximum Gasteiger partial charge on any atom is 0.239 e. The number of halogens is 1. The molecule has 2 aromatic carbocycles. The van der Waals surface area contributed by atoms with E-state index in [1.807, 2.05) is 18.2 Å². The Kier molecular flexibility index (Phi) is 6.57. The second-order valence-electron chi connectivity index (χ2n) is 5.66. The van der Waals surface area contributed by atoms with Crippen molar-refractivity contribution in [3.63, 3.8) is 0 Å². The minimum absolute atomic E-state index is 0.157. The van der Waals surface area contributed by atoms with Crippen LogP contribution in [0.5, 0.6) is 0 Å². The first kappa shape index (κ1) is 18.7. The van der Waals surface area contributed by atoms with Crippen LogP contribution >= 0.6 is 15.9 Å². The molecule has 0 fully saturated rings. The van der Waals surface area contributed by atoms with Crippen molar-refractivity contribution < 1.29 is 13.2 Å². The number of hydrogen-bond donors (Lipinski definition) is 1. The smallest absolute Gasteiger partial charge is 0.239 e. The van der Waals surface area contributed by atoms with Gasteiger partial charge in [0.15, 0.2) is 9.84 Å². The molecule has 4 nitrogen and oxygen atoms in total. The number of nitrogens with one attached hydrogen (secondary N) is 1. The number of sulfone groups is 1. The van der Waals surface area contributed by atoms with Crippen LogP contribution in [0.2, 0.25) is 0 Å². The van der Waals surface area contributed by atoms with Gasteiger partial charge in [0, 0.05) is 10.2 Å². The van der Waals surface area contributed by atoms with Crippen molar-refractivity contribution in [1.29, 1.82) is 0 Å². The van der Waals surface area contributed by atoms with Crippen LogP contribution in [0.25, 0.3) is 0 Å². The van der Waals surface area contributed by atoms with Gasteiger partial charge in [0.1, 0.15) is 5.75 Å². The first-order valence-corrected chi connectivity index (χ1v) is 10.3. The van der Waals surface area contributed by atoms with Crippen LogP contribution in [0.1, 0.15) is 24.5 Å². The van der Waals surface area contributed by atoms with Crippen molar-refractivity contribution in [3.05, 3.63) is 64.1 Å². The van der Waals surface area contributed by atoms with Gasteiger partial charge in [-0.1, -0.05) is 53.5 Å². The van der Waals surface area contributed by atoms with E-state index in [4.69, 9.17) is 0 Å². The van der Waals surface area contributed by atoms with E-state index in [1.165, 1.54) is 5.56 Å². The highest BCUT2D eigenvalue weighted by atomic mass is 79.9. The number of hydrogen-bond acceptors (Lipinski definition) is 3. The average molecular weight is 410 g/mol. The second-order valence-corrected chi connectivity index (χ2v) is 8.64. The van der Waals surface area contributed by atoms with E-state index in [1.54, 1.807) is 30.3 Å². The molecule has 6 heteroatoms. The molecule has 2 aromatic rings. The zero-order valence-electron chi connectivity index (χ0n) is 13.5. The highest BCUT2D eigenvalue weighted by Gasteiger charge is 2.17. The largest absolute Gasteiger partial charge is 0.325 e. The van der Waals surface area contributed by atoms with Crippen molar-refractivity contribution in [2.75, 3.05) is 11.1 Å². The summed E-state index contributed by atoms with van der Waals surface area (Å²) in [5.41, 5.74) is 2.45. The lowest BCUT2D eigenvalue weighted by Crippen LogP contribution is -2.23. The molecule has 2 rings (SSSR count). The summed E-state index contributed by atoms with van der Waals surface area (Å²) in [7, 11) is -3.52. The molecule has 128 valence electrons. The third kappa shape index (κ3) is 6.09. The summed E-state index contributed by atoms with van der Waals surface area (Å²) in [5, 5.41) is 2.64. The zero-order valence-corrected chi connectivity index (χ0v) is 15.9. The topological polar surface area (TPSA) is 63.2 Å². The van der Waals surface area contributed by atoms with Gasteiger partial charge in [0.2, 0.25) is 5.91 Å². The molecule has 0 saturated carbocycles. The van der Waals surface area contributed by atoms with Crippen LogP contribution in [0.15, 0.2) is 53.0 Å². The fraction of sp³-hybridized carbons (Fsp3) is 0.278. The molecule has 0 bridgehead atoms. The minimum atomic E-state index is -3.52. The molecule has 24 heavy (non-hydrogen) atoms. The Morgan fingerprint density at radius 2 is 1.79 bits per heavy atom. The molecule has 0 spiro atoms. The summed E-state index contributed by atoms with van der Waals surface area (Å²) in [6, 6.07) is 14.5. The van der Waals surface area contributed by atoms with E-state index in [2.05, 4.69) is 28.2 Å². The third-order valence-corrected chi connectivity index (χ3v) is 5.37. The Bertz CT molecular complexity index is 801. The number of amides is 1. The van der Waals surface area contributed by atoms with E-state index >= 15 is 0 Å². The van der Waals surface area contributed by atoms with Crippen LogP contribution in [-0.2, 0) is 26.8 Å². The maximum atomic E-state index is 12.2. The van der Waals surface area contributed by atoms with Crippen molar-refractivity contribution in [1.82, 2.24) is 0 Å². The van der Waals surface area contributed by atoms with Crippen molar-refractivity contribution >= 4 is 37.4 Å². The number of rotatable bonds is 7. The van der Waals surface area contributed by atoms with Gasteiger partial charge in [-0.3, -0.25) is 4.79 Å². The van der Waals surface area contributed by atoms with E-state index in [0.717, 1.165) is 17.3 Å². The summed E-state index contributed by atoms with van der Waals surface area (Å²) >= 11 is 3.31. The van der Waals surface area contributed by atoms with E-state index in [9.17, 15) is 13.2 Å². The number of carbonyl (C=O) groups excluding carboxylic acids is 1. The Hall–Kier alpha value is -1.66. The standard InChI is InChI=1S/C18H20BrNO3S/c1-2-4-14-7-9-17(10-8-14)20-18(21)13-24(22,23)12-15-5-3-6-16(19)11-15/h3,5-11H,2,4,12-13H2,1H3,(H,20,21). The fourth-order valence-corrected chi connectivity index (χ4v) is 4.08. The van der Waals surface area contributed by atoms with Crippen LogP contribution in [0, 0.1) is 0 Å². The molecule has 0 saturated heterocycles. The molecule has 1 N–H and O–H groups in total. The Morgan fingerprint density at radius 3 is 2.42 bits per heavy atom. The highest BCUT2D eigenvalue weighted by Crippen LogP contribution is 2.15. The first-order valence-electron chi connectivity index (χ1n) is 7.71. The molecule has 0 aliphatic heterocycles. The second kappa shape index (κ2) is 8.44. The first-order chi connectivity index (χ1) is 11.4. The lowest BCUT2D eigenvalue weighted by atomic mass is 10.1. The van der Waals surface area contributed by atoms with Gasteiger partial charge in [0.25, 0.3) is 0 Å². The molecule has 0 atom stereocenters. The van der Waals surface area contributed by atoms with Gasteiger partial charge in [-0.2, -0.15) is 0 Å². The minimum Gasteiger partial charge on any atom is -0.325 e. The lowest BCUT2D eigenvalue weighted by molar-refractivity contribution is -0.113. The number of anilines is 1. The van der Waals surface area contributed by atoms with E-state index < -0.39 is 21.5 Å². The van der Waals surface area contributed by atoms with E-state index in [0.29, 0.717) is 11.3 Å². The van der Waals surface area contributed by atoms with Gasteiger partial charge in [-0.05, 0) is 41.8 Å². The quantitative estimate of drug-likeness (QED) is 0.752. The monoisotopic (exact) mass is 409 g/mol. The van der Waals surface area contributed by atoms with Gasteiger partial charge in [-0.25, -0.2) is 8.42 Å². The van der Waals surface area contributed by atoms with Crippen LogP contribution in [0.3, 0.4) is 0 Å². The lowest BCUT2D eigenvalue weighted by Gasteiger charge is -2.08. The summed E-state index contributed by atoms with van der Waals surface area (Å²) in [5.74, 6) is -1.21. The van der Waals surface area contributed by atoms with Crippen LogP contribution in [-0.4, -0.2) is 20.1 Å². The molecule has 0 aliphatic carbocycles. The SMILES string of the molecule is CCCc1ccc(NC(=O)CS(=O)(=O)Cc2cccc(Br)c2)cc1. The Labute approximate surface area is 151 Å². The maximum absolute atomic E-state index is 12.2. The Morgan fingerprint density at radius 1 is 1.08 bits per heavy atom. The number of aryl methyl sites for hydroxylation is 1. The molecule has 0 aromatic heterocycles. The summed E-state index contributed by atoms with van der Waals surface area (Å²) in [6.45, 7) is 2.10. The fourth-order valence-electron chi connectivity index (χ4n) is 2.37. The van der Waals surface area contributed by atoms with Crippen molar-refractivity contribution in [2.24, 2.45) is 0 Å². The van der Waals surface area contributed by atoms with Crippen molar-refractivity contribution in [2.45, 2.75) is 25.5 Å².